The molecule has 0 saturated carbocycles. The number of carbonyl (C=O) groups is 1. The maximum Gasteiger partial charge on any atom is 0.267 e. The Morgan fingerprint density at radius 2 is 2.19 bits per heavy atom. The summed E-state index contributed by atoms with van der Waals surface area (Å²) in [6.07, 6.45) is 8.35. The van der Waals surface area contributed by atoms with Gasteiger partial charge < -0.3 is 5.32 Å². The van der Waals surface area contributed by atoms with Crippen LogP contribution in [0.5, 0.6) is 0 Å². The quantitative estimate of drug-likeness (QED) is 0.765. The van der Waals surface area contributed by atoms with E-state index < -0.39 is 0 Å². The number of anilines is 1. The van der Waals surface area contributed by atoms with Crippen LogP contribution in [0.2, 0.25) is 0 Å². The van der Waals surface area contributed by atoms with Gasteiger partial charge in [-0.3, -0.25) is 9.59 Å². The van der Waals surface area contributed by atoms with E-state index in [2.05, 4.69) is 33.5 Å². The van der Waals surface area contributed by atoms with Crippen LogP contribution in [0.3, 0.4) is 0 Å². The first-order valence-corrected chi connectivity index (χ1v) is 8.95. The second-order valence-corrected chi connectivity index (χ2v) is 6.85. The van der Waals surface area contributed by atoms with Gasteiger partial charge in [0.1, 0.15) is 12.9 Å². The van der Waals surface area contributed by atoms with E-state index in [0.717, 1.165) is 30.5 Å². The highest BCUT2D eigenvalue weighted by Crippen LogP contribution is 2.28. The lowest BCUT2D eigenvalue weighted by Crippen LogP contribution is -2.29. The van der Waals surface area contributed by atoms with Gasteiger partial charge in [-0.25, -0.2) is 14.2 Å². The second kappa shape index (κ2) is 7.14. The van der Waals surface area contributed by atoms with E-state index >= 15 is 0 Å². The molecule has 3 aromatic rings. The monoisotopic (exact) mass is 364 g/mol. The van der Waals surface area contributed by atoms with Gasteiger partial charge in [-0.2, -0.15) is 10.2 Å². The first kappa shape index (κ1) is 17.1. The van der Waals surface area contributed by atoms with Gasteiger partial charge in [-0.1, -0.05) is 13.0 Å². The highest BCUT2D eigenvalue weighted by molar-refractivity contribution is 5.90. The van der Waals surface area contributed by atoms with Crippen molar-refractivity contribution in [1.82, 2.24) is 24.4 Å². The van der Waals surface area contributed by atoms with Crippen LogP contribution in [0.15, 0.2) is 47.7 Å². The zero-order chi connectivity index (χ0) is 18.8. The molecule has 0 aliphatic heterocycles. The van der Waals surface area contributed by atoms with Crippen molar-refractivity contribution in [3.63, 3.8) is 0 Å². The number of fused-ring (bicyclic) bond motifs is 1. The summed E-state index contributed by atoms with van der Waals surface area (Å²) >= 11 is 0. The molecule has 27 heavy (non-hydrogen) atoms. The maximum absolute atomic E-state index is 12.4. The van der Waals surface area contributed by atoms with Crippen molar-refractivity contribution in [3.05, 3.63) is 58.9 Å². The van der Waals surface area contributed by atoms with Crippen molar-refractivity contribution in [1.29, 1.82) is 0 Å². The highest BCUT2D eigenvalue weighted by atomic mass is 16.2. The Morgan fingerprint density at radius 1 is 1.30 bits per heavy atom. The summed E-state index contributed by atoms with van der Waals surface area (Å²) in [5.41, 5.74) is 2.86. The molecule has 1 amide bonds. The van der Waals surface area contributed by atoms with Crippen LogP contribution in [0.25, 0.3) is 11.2 Å². The molecule has 138 valence electrons. The van der Waals surface area contributed by atoms with Crippen molar-refractivity contribution in [2.45, 2.75) is 32.7 Å². The molecule has 0 unspecified atom stereocenters. The van der Waals surface area contributed by atoms with E-state index in [4.69, 9.17) is 0 Å². The van der Waals surface area contributed by atoms with Gasteiger partial charge in [0.15, 0.2) is 5.65 Å². The molecule has 1 N–H and O–H groups in total. The van der Waals surface area contributed by atoms with Gasteiger partial charge in [0.05, 0.1) is 17.6 Å². The standard InChI is InChI=1S/C19H20N6O2/c1-13-2-4-14(5-3-13)16-7-9-19(27)25(23-16)11-18(26)22-15-6-8-17-20-12-21-24(17)10-15/h4,6-10,12-13H,2-3,5,11H2,1H3,(H,22,26)/t13-/m1/s1. The maximum atomic E-state index is 12.4. The van der Waals surface area contributed by atoms with E-state index in [9.17, 15) is 9.59 Å². The topological polar surface area (TPSA) is 94.2 Å². The highest BCUT2D eigenvalue weighted by Gasteiger charge is 2.14. The van der Waals surface area contributed by atoms with Crippen molar-refractivity contribution in [2.75, 3.05) is 5.32 Å². The Hall–Kier alpha value is -3.29. The summed E-state index contributed by atoms with van der Waals surface area (Å²) in [6, 6.07) is 6.69. The first-order chi connectivity index (χ1) is 13.1. The Morgan fingerprint density at radius 3 is 3.00 bits per heavy atom. The summed E-state index contributed by atoms with van der Waals surface area (Å²) < 4.78 is 2.77. The number of hydrogen-bond donors (Lipinski definition) is 1. The van der Waals surface area contributed by atoms with Crippen LogP contribution in [0.1, 0.15) is 31.9 Å². The summed E-state index contributed by atoms with van der Waals surface area (Å²) in [5, 5.41) is 11.2. The number of nitrogens with one attached hydrogen (secondary N) is 1. The molecule has 1 atom stereocenters. The largest absolute Gasteiger partial charge is 0.323 e. The molecule has 4 rings (SSSR count). The number of rotatable bonds is 4. The Kier molecular flexibility index (Phi) is 4.53. The van der Waals surface area contributed by atoms with Crippen molar-refractivity contribution >= 4 is 22.8 Å². The fourth-order valence-corrected chi connectivity index (χ4v) is 3.16. The normalized spacial score (nSPS) is 16.9. The third kappa shape index (κ3) is 3.79. The molecule has 0 aromatic carbocycles. The first-order valence-electron chi connectivity index (χ1n) is 8.95. The average molecular weight is 364 g/mol. The van der Waals surface area contributed by atoms with Gasteiger partial charge in [-0.05, 0) is 49.0 Å². The third-order valence-electron chi connectivity index (χ3n) is 4.72. The predicted molar refractivity (Wildman–Crippen MR) is 101 cm³/mol. The Labute approximate surface area is 155 Å². The molecule has 1 aliphatic rings. The predicted octanol–water partition coefficient (Wildman–Crippen LogP) is 2.13. The van der Waals surface area contributed by atoms with Gasteiger partial charge in [0.2, 0.25) is 5.91 Å². The zero-order valence-electron chi connectivity index (χ0n) is 15.0. The molecule has 8 heteroatoms. The number of allylic oxidation sites excluding steroid dienone is 2. The fraction of sp³-hybridized carbons (Fsp3) is 0.316. The number of hydrogen-bond acceptors (Lipinski definition) is 5. The van der Waals surface area contributed by atoms with Crippen LogP contribution >= 0.6 is 0 Å². The second-order valence-electron chi connectivity index (χ2n) is 6.85. The van der Waals surface area contributed by atoms with E-state index in [1.165, 1.54) is 17.1 Å². The van der Waals surface area contributed by atoms with Crippen molar-refractivity contribution in [3.8, 4) is 0 Å². The summed E-state index contributed by atoms with van der Waals surface area (Å²) in [5.74, 6) is 0.347. The zero-order valence-corrected chi connectivity index (χ0v) is 15.0. The van der Waals surface area contributed by atoms with E-state index in [1.54, 1.807) is 28.9 Å². The SMILES string of the molecule is C[C@@H]1CC=C(c2ccc(=O)n(CC(=O)Nc3ccc4ncnn4c3)n2)CC1. The minimum absolute atomic E-state index is 0.147. The van der Waals surface area contributed by atoms with Gasteiger partial charge in [0.25, 0.3) is 5.56 Å². The van der Waals surface area contributed by atoms with Gasteiger partial charge in [0, 0.05) is 6.07 Å². The van der Waals surface area contributed by atoms with E-state index in [0.29, 0.717) is 17.3 Å². The molecule has 0 saturated heterocycles. The average Bonchev–Trinajstić information content (AvgIpc) is 3.12. The third-order valence-corrected chi connectivity index (χ3v) is 4.72. The summed E-state index contributed by atoms with van der Waals surface area (Å²) in [7, 11) is 0. The lowest BCUT2D eigenvalue weighted by molar-refractivity contribution is -0.117. The molecular formula is C19H20N6O2. The molecular weight excluding hydrogens is 344 g/mol. The Bertz CT molecular complexity index is 1080. The minimum atomic E-state index is -0.326. The minimum Gasteiger partial charge on any atom is -0.323 e. The van der Waals surface area contributed by atoms with E-state index in [-0.39, 0.29) is 18.0 Å². The van der Waals surface area contributed by atoms with E-state index in [1.807, 2.05) is 0 Å². The number of amides is 1. The number of carbonyl (C=O) groups excluding carboxylic acids is 1. The lowest BCUT2D eigenvalue weighted by Gasteiger charge is -2.18. The fourth-order valence-electron chi connectivity index (χ4n) is 3.16. The molecule has 0 radical (unpaired) electrons. The molecule has 0 spiro atoms. The number of nitrogens with zero attached hydrogens (tertiary/aromatic N) is 5. The molecule has 3 heterocycles. The molecule has 8 nitrogen and oxygen atoms in total. The van der Waals surface area contributed by atoms with Crippen molar-refractivity contribution < 1.29 is 4.79 Å². The summed E-state index contributed by atoms with van der Waals surface area (Å²) in [4.78, 5) is 28.5. The lowest BCUT2D eigenvalue weighted by atomic mass is 9.90. The van der Waals surface area contributed by atoms with Crippen LogP contribution in [-0.2, 0) is 11.3 Å². The molecule has 0 bridgehead atoms. The van der Waals surface area contributed by atoms with Crippen LogP contribution in [0, 0.1) is 5.92 Å². The van der Waals surface area contributed by atoms with Crippen molar-refractivity contribution in [2.24, 2.45) is 5.92 Å². The molecule has 0 fully saturated rings. The van der Waals surface area contributed by atoms with Crippen LogP contribution < -0.4 is 10.9 Å². The molecule has 3 aromatic heterocycles. The smallest absolute Gasteiger partial charge is 0.267 e. The molecule has 1 aliphatic carbocycles. The van der Waals surface area contributed by atoms with Crippen LogP contribution in [0.4, 0.5) is 5.69 Å². The van der Waals surface area contributed by atoms with Gasteiger partial charge >= 0.3 is 0 Å². The van der Waals surface area contributed by atoms with Gasteiger partial charge in [-0.15, -0.1) is 0 Å². The number of pyridine rings is 1. The Balaban J connectivity index is 1.50. The summed E-state index contributed by atoms with van der Waals surface area (Å²) in [6.45, 7) is 2.08. The van der Waals surface area contributed by atoms with Crippen LogP contribution in [-0.4, -0.2) is 30.3 Å². The number of aromatic nitrogens is 5.